The van der Waals surface area contributed by atoms with Gasteiger partial charge in [0.25, 0.3) is 0 Å². The fourth-order valence-corrected chi connectivity index (χ4v) is 1.63. The van der Waals surface area contributed by atoms with Gasteiger partial charge in [-0.25, -0.2) is 9.10 Å². The zero-order valence-electron chi connectivity index (χ0n) is 9.60. The molecule has 0 unspecified atom stereocenters. The van der Waals surface area contributed by atoms with Gasteiger partial charge in [-0.1, -0.05) is 13.8 Å². The van der Waals surface area contributed by atoms with Crippen LogP contribution < -0.4 is 34.9 Å². The average molecular weight is 229 g/mol. The summed E-state index contributed by atoms with van der Waals surface area (Å²) in [5.74, 6) is 0.0653. The molecule has 0 saturated carbocycles. The van der Waals surface area contributed by atoms with E-state index in [9.17, 15) is 13.2 Å². The minimum absolute atomic E-state index is 0. The topological polar surface area (TPSA) is 78.8 Å². The molecule has 0 saturated heterocycles. The largest absolute Gasteiger partial charge is 1.00 e. The first-order chi connectivity index (χ1) is 5.84. The summed E-state index contributed by atoms with van der Waals surface area (Å²) in [5, 5.41) is 2.38. The van der Waals surface area contributed by atoms with Gasteiger partial charge in [0.05, 0.1) is 0 Å². The van der Waals surface area contributed by atoms with E-state index in [1.54, 1.807) is 13.8 Å². The summed E-state index contributed by atoms with van der Waals surface area (Å²) in [6.45, 7) is 3.50. The molecule has 6 nitrogen and oxygen atoms in total. The summed E-state index contributed by atoms with van der Waals surface area (Å²) in [6, 6.07) is -0.668. The van der Waals surface area contributed by atoms with Crippen LogP contribution in [0.1, 0.15) is 15.3 Å². The molecule has 0 atom stereocenters. The molecule has 1 aliphatic heterocycles. The number of amidine groups is 1. The van der Waals surface area contributed by atoms with Gasteiger partial charge in [0, 0.05) is 13.0 Å². The Morgan fingerprint density at radius 1 is 1.50 bits per heavy atom. The Kier molecular flexibility index (Phi) is 4.57. The second kappa shape index (κ2) is 4.61. The summed E-state index contributed by atoms with van der Waals surface area (Å²) >= 11 is 0. The average Bonchev–Trinajstić information content (AvgIpc) is 1.99. The van der Waals surface area contributed by atoms with Crippen LogP contribution in [0.25, 0.3) is 0 Å². The van der Waals surface area contributed by atoms with Crippen LogP contribution in [0.15, 0.2) is 4.40 Å². The van der Waals surface area contributed by atoms with Gasteiger partial charge in [-0.05, 0) is 0 Å². The minimum Gasteiger partial charge on any atom is -1.00 e. The minimum atomic E-state index is -3.80. The van der Waals surface area contributed by atoms with Crippen LogP contribution in [0.2, 0.25) is 0 Å². The Balaban J connectivity index is 0. The number of carbonyl (C=O) groups excluding carboxylic acids is 1. The number of hydrogen-bond donors (Lipinski definition) is 1. The van der Waals surface area contributed by atoms with Crippen molar-refractivity contribution in [3.63, 3.8) is 0 Å². The molecule has 76 valence electrons. The molecule has 14 heavy (non-hydrogen) atoms. The van der Waals surface area contributed by atoms with E-state index in [0.29, 0.717) is 4.31 Å². The Morgan fingerprint density at radius 3 is 2.36 bits per heavy atom. The van der Waals surface area contributed by atoms with E-state index in [2.05, 4.69) is 9.71 Å². The third kappa shape index (κ3) is 2.69. The van der Waals surface area contributed by atoms with Crippen molar-refractivity contribution in [2.24, 2.45) is 10.3 Å². The molecule has 0 bridgehead atoms. The molecule has 0 radical (unpaired) electrons. The van der Waals surface area contributed by atoms with Crippen molar-refractivity contribution in [3.05, 3.63) is 0 Å². The predicted molar refractivity (Wildman–Crippen MR) is 48.6 cm³/mol. The SMILES string of the molecule is CC(C)C1=NS(=O)(=O)N(C)C(=O)N1.[H-].[Na+]. The number of hydrogen-bond acceptors (Lipinski definition) is 3. The monoisotopic (exact) mass is 229 g/mol. The molecule has 0 aromatic heterocycles. The Labute approximate surface area is 107 Å². The number of rotatable bonds is 1. The van der Waals surface area contributed by atoms with Crippen molar-refractivity contribution in [2.75, 3.05) is 7.05 Å². The first-order valence-corrected chi connectivity index (χ1v) is 5.14. The van der Waals surface area contributed by atoms with Gasteiger partial charge in [0.15, 0.2) is 0 Å². The van der Waals surface area contributed by atoms with Crippen LogP contribution in [0.3, 0.4) is 0 Å². The summed E-state index contributed by atoms with van der Waals surface area (Å²) in [7, 11) is -2.64. The molecule has 1 N–H and O–H groups in total. The van der Waals surface area contributed by atoms with Gasteiger partial charge in [0.1, 0.15) is 5.84 Å². The van der Waals surface area contributed by atoms with E-state index in [0.717, 1.165) is 7.05 Å². The quantitative estimate of drug-likeness (QED) is 0.488. The Bertz CT molecular complexity index is 368. The predicted octanol–water partition coefficient (Wildman–Crippen LogP) is -2.94. The number of carbonyl (C=O) groups is 1. The van der Waals surface area contributed by atoms with Crippen molar-refractivity contribution in [1.82, 2.24) is 9.62 Å². The molecule has 1 aliphatic rings. The van der Waals surface area contributed by atoms with Crippen molar-refractivity contribution >= 4 is 22.1 Å². The van der Waals surface area contributed by atoms with E-state index in [-0.39, 0.29) is 42.7 Å². The number of nitrogens with one attached hydrogen (secondary N) is 1. The number of urea groups is 1. The summed E-state index contributed by atoms with van der Waals surface area (Å²) in [5.41, 5.74) is 0. The first kappa shape index (κ1) is 13.9. The maximum atomic E-state index is 11.2. The molecular formula is C6H12N3NaO3S. The molecule has 0 aromatic rings. The van der Waals surface area contributed by atoms with Crippen LogP contribution in [0.4, 0.5) is 4.79 Å². The normalized spacial score (nSPS) is 19.9. The summed E-state index contributed by atoms with van der Waals surface area (Å²) < 4.78 is 26.4. The zero-order chi connectivity index (χ0) is 10.2. The van der Waals surface area contributed by atoms with Crippen LogP contribution in [0, 0.1) is 5.92 Å². The van der Waals surface area contributed by atoms with Crippen LogP contribution in [-0.2, 0) is 10.2 Å². The summed E-state index contributed by atoms with van der Waals surface area (Å²) in [4.78, 5) is 11.1. The smallest absolute Gasteiger partial charge is 1.00 e. The van der Waals surface area contributed by atoms with E-state index in [1.807, 2.05) is 0 Å². The molecule has 0 fully saturated rings. The maximum absolute atomic E-state index is 11.2. The van der Waals surface area contributed by atoms with Gasteiger partial charge in [-0.3, -0.25) is 5.32 Å². The fourth-order valence-electron chi connectivity index (χ4n) is 0.751. The van der Waals surface area contributed by atoms with Crippen LogP contribution >= 0.6 is 0 Å². The molecule has 1 rings (SSSR count). The molecule has 0 aromatic carbocycles. The van der Waals surface area contributed by atoms with Gasteiger partial charge in [-0.2, -0.15) is 8.42 Å². The van der Waals surface area contributed by atoms with Crippen molar-refractivity contribution < 1.29 is 44.2 Å². The van der Waals surface area contributed by atoms with E-state index in [4.69, 9.17) is 0 Å². The third-order valence-electron chi connectivity index (χ3n) is 1.63. The van der Waals surface area contributed by atoms with Crippen LogP contribution in [-0.4, -0.2) is 31.6 Å². The molecular weight excluding hydrogens is 217 g/mol. The fraction of sp³-hybridized carbons (Fsp3) is 0.667. The Morgan fingerprint density at radius 2 is 2.00 bits per heavy atom. The number of nitrogens with zero attached hydrogens (tertiary/aromatic N) is 2. The van der Waals surface area contributed by atoms with Crippen molar-refractivity contribution in [3.8, 4) is 0 Å². The second-order valence-electron chi connectivity index (χ2n) is 3.01. The molecule has 0 spiro atoms. The molecule has 8 heteroatoms. The molecule has 1 heterocycles. The summed E-state index contributed by atoms with van der Waals surface area (Å²) in [6.07, 6.45) is 0. The van der Waals surface area contributed by atoms with Gasteiger partial charge in [-0.15, -0.1) is 4.40 Å². The zero-order valence-corrected chi connectivity index (χ0v) is 11.4. The Hall–Kier alpha value is -0.110. The van der Waals surface area contributed by atoms with E-state index in [1.165, 1.54) is 0 Å². The van der Waals surface area contributed by atoms with Gasteiger partial charge in [0.2, 0.25) is 0 Å². The van der Waals surface area contributed by atoms with E-state index >= 15 is 0 Å². The van der Waals surface area contributed by atoms with Gasteiger partial charge >= 0.3 is 45.8 Å². The second-order valence-corrected chi connectivity index (χ2v) is 4.63. The van der Waals surface area contributed by atoms with Gasteiger partial charge < -0.3 is 1.43 Å². The molecule has 0 aliphatic carbocycles. The van der Waals surface area contributed by atoms with E-state index < -0.39 is 16.2 Å². The van der Waals surface area contributed by atoms with Crippen molar-refractivity contribution in [2.45, 2.75) is 13.8 Å². The maximum Gasteiger partial charge on any atom is 1.00 e. The third-order valence-corrected chi connectivity index (χ3v) is 2.91. The number of amides is 2. The van der Waals surface area contributed by atoms with Crippen LogP contribution in [0.5, 0.6) is 0 Å². The molecule has 2 amide bonds. The standard InChI is InChI=1S/C6H11N3O3S.Na.H/c1-4(2)5-7-6(10)9(3)13(11,12)8-5;;/h4H,1-3H3,(H,7,8,10);;/q;+1;-1. The first-order valence-electron chi connectivity index (χ1n) is 3.74. The van der Waals surface area contributed by atoms with Crippen molar-refractivity contribution in [1.29, 1.82) is 0 Å².